The molecular formula is C29H25N3O2S. The van der Waals surface area contributed by atoms with Crippen LogP contribution in [-0.2, 0) is 4.79 Å². The van der Waals surface area contributed by atoms with Gasteiger partial charge < -0.3 is 10.1 Å². The molecule has 0 aliphatic rings. The molecule has 0 fully saturated rings. The molecule has 1 aromatic heterocycles. The number of methoxy groups -OCH3 is 1. The van der Waals surface area contributed by atoms with E-state index in [-0.39, 0.29) is 11.7 Å². The number of carbonyl (C=O) groups excluding carboxylic acids is 1. The molecule has 1 N–H and O–H groups in total. The molecule has 0 atom stereocenters. The Morgan fingerprint density at radius 2 is 1.71 bits per heavy atom. The predicted octanol–water partition coefficient (Wildman–Crippen LogP) is 6.64. The Bertz CT molecular complexity index is 1390. The van der Waals surface area contributed by atoms with Gasteiger partial charge in [-0.3, -0.25) is 4.79 Å². The third-order valence-electron chi connectivity index (χ3n) is 5.70. The molecule has 4 aromatic rings. The molecule has 0 bridgehead atoms. The quantitative estimate of drug-likeness (QED) is 0.301. The van der Waals surface area contributed by atoms with Gasteiger partial charge in [0, 0.05) is 16.8 Å². The van der Waals surface area contributed by atoms with Crippen LogP contribution >= 0.6 is 11.8 Å². The summed E-state index contributed by atoms with van der Waals surface area (Å²) in [7, 11) is 1.63. The highest BCUT2D eigenvalue weighted by Crippen LogP contribution is 2.34. The maximum atomic E-state index is 12.7. The van der Waals surface area contributed by atoms with Crippen LogP contribution in [0.15, 0.2) is 83.9 Å². The fraction of sp³-hybridized carbons (Fsp3) is 0.138. The van der Waals surface area contributed by atoms with Crippen LogP contribution in [0.1, 0.15) is 16.7 Å². The van der Waals surface area contributed by atoms with Gasteiger partial charge >= 0.3 is 0 Å². The van der Waals surface area contributed by atoms with Gasteiger partial charge in [-0.1, -0.05) is 48.2 Å². The van der Waals surface area contributed by atoms with E-state index in [1.54, 1.807) is 7.11 Å². The smallest absolute Gasteiger partial charge is 0.234 e. The van der Waals surface area contributed by atoms with Crippen LogP contribution in [-0.4, -0.2) is 23.8 Å². The number of carbonyl (C=O) groups is 1. The van der Waals surface area contributed by atoms with Gasteiger partial charge in [0.25, 0.3) is 0 Å². The van der Waals surface area contributed by atoms with Crippen molar-refractivity contribution in [3.8, 4) is 34.2 Å². The maximum Gasteiger partial charge on any atom is 0.234 e. The maximum absolute atomic E-state index is 12.7. The van der Waals surface area contributed by atoms with Crippen LogP contribution in [0.4, 0.5) is 5.69 Å². The Morgan fingerprint density at radius 3 is 2.37 bits per heavy atom. The highest BCUT2D eigenvalue weighted by atomic mass is 32.2. The van der Waals surface area contributed by atoms with Gasteiger partial charge in [-0.05, 0) is 73.0 Å². The molecule has 0 radical (unpaired) electrons. The van der Waals surface area contributed by atoms with Gasteiger partial charge in [0.2, 0.25) is 5.91 Å². The number of aromatic nitrogens is 1. The summed E-state index contributed by atoms with van der Waals surface area (Å²) in [5.41, 5.74) is 6.82. The van der Waals surface area contributed by atoms with Gasteiger partial charge in [0.1, 0.15) is 16.8 Å². The minimum atomic E-state index is -0.153. The molecule has 0 aliphatic carbocycles. The molecule has 1 heterocycles. The van der Waals surface area contributed by atoms with E-state index in [1.807, 2.05) is 92.7 Å². The van der Waals surface area contributed by atoms with Crippen LogP contribution in [0.25, 0.3) is 22.4 Å². The summed E-state index contributed by atoms with van der Waals surface area (Å²) in [5.74, 6) is 0.734. The first-order valence-electron chi connectivity index (χ1n) is 11.1. The fourth-order valence-corrected chi connectivity index (χ4v) is 4.44. The zero-order valence-corrected chi connectivity index (χ0v) is 20.6. The van der Waals surface area contributed by atoms with Crippen LogP contribution in [0.2, 0.25) is 0 Å². The standard InChI is InChI=1S/C29H25N3O2S/c1-19-9-12-23(15-20(19)2)31-28(33)18-35-29-26(17-30)25(21-7-5-4-6-8-21)16-27(32-29)22-10-13-24(34-3)14-11-22/h4-16H,18H2,1-3H3,(H,31,33). The Balaban J connectivity index is 1.66. The largest absolute Gasteiger partial charge is 0.497 e. The molecule has 6 heteroatoms. The molecule has 0 saturated heterocycles. The zero-order chi connectivity index (χ0) is 24.8. The van der Waals surface area contributed by atoms with Crippen molar-refractivity contribution in [3.05, 3.63) is 95.6 Å². The SMILES string of the molecule is COc1ccc(-c2cc(-c3ccccc3)c(C#N)c(SCC(=O)Nc3ccc(C)c(C)c3)n2)cc1. The first kappa shape index (κ1) is 24.1. The molecule has 4 rings (SSSR count). The number of nitrogens with zero attached hydrogens (tertiary/aromatic N) is 2. The molecule has 0 aliphatic heterocycles. The summed E-state index contributed by atoms with van der Waals surface area (Å²) in [4.78, 5) is 17.5. The highest BCUT2D eigenvalue weighted by Gasteiger charge is 2.17. The minimum Gasteiger partial charge on any atom is -0.497 e. The van der Waals surface area contributed by atoms with E-state index in [2.05, 4.69) is 11.4 Å². The number of ether oxygens (including phenoxy) is 1. The highest BCUT2D eigenvalue weighted by molar-refractivity contribution is 8.00. The number of rotatable bonds is 7. The number of benzene rings is 3. The van der Waals surface area contributed by atoms with Gasteiger partial charge in [-0.15, -0.1) is 0 Å². The summed E-state index contributed by atoms with van der Waals surface area (Å²) in [6, 6.07) is 27.4. The molecular weight excluding hydrogens is 454 g/mol. The van der Waals surface area contributed by atoms with Crippen molar-refractivity contribution in [3.63, 3.8) is 0 Å². The van der Waals surface area contributed by atoms with Crippen molar-refractivity contribution < 1.29 is 9.53 Å². The minimum absolute atomic E-state index is 0.134. The summed E-state index contributed by atoms with van der Waals surface area (Å²) in [5, 5.41) is 13.5. The third kappa shape index (κ3) is 5.71. The number of pyridine rings is 1. The Kier molecular flexibility index (Phi) is 7.49. The van der Waals surface area contributed by atoms with Crippen molar-refractivity contribution in [1.29, 1.82) is 5.26 Å². The van der Waals surface area contributed by atoms with E-state index in [0.717, 1.165) is 39.4 Å². The summed E-state index contributed by atoms with van der Waals surface area (Å²) < 4.78 is 5.27. The van der Waals surface area contributed by atoms with Crippen LogP contribution < -0.4 is 10.1 Å². The topological polar surface area (TPSA) is 75.0 Å². The molecule has 5 nitrogen and oxygen atoms in total. The van der Waals surface area contributed by atoms with E-state index in [4.69, 9.17) is 9.72 Å². The molecule has 1 amide bonds. The first-order chi connectivity index (χ1) is 17.0. The lowest BCUT2D eigenvalue weighted by atomic mass is 9.99. The second kappa shape index (κ2) is 10.9. The summed E-state index contributed by atoms with van der Waals surface area (Å²) in [6.45, 7) is 4.05. The van der Waals surface area contributed by atoms with E-state index in [9.17, 15) is 10.1 Å². The Hall–Kier alpha value is -4.08. The number of amides is 1. The first-order valence-corrected chi connectivity index (χ1v) is 12.1. The van der Waals surface area contributed by atoms with E-state index >= 15 is 0 Å². The summed E-state index contributed by atoms with van der Waals surface area (Å²) in [6.07, 6.45) is 0. The van der Waals surface area contributed by atoms with Crippen molar-refractivity contribution in [1.82, 2.24) is 4.98 Å². The normalized spacial score (nSPS) is 10.5. The number of nitriles is 1. The average Bonchev–Trinajstić information content (AvgIpc) is 2.89. The lowest BCUT2D eigenvalue weighted by Crippen LogP contribution is -2.14. The number of hydrogen-bond acceptors (Lipinski definition) is 5. The van der Waals surface area contributed by atoms with Gasteiger partial charge in [-0.2, -0.15) is 5.26 Å². The number of nitrogens with one attached hydrogen (secondary N) is 1. The Morgan fingerprint density at radius 1 is 0.971 bits per heavy atom. The van der Waals surface area contributed by atoms with Gasteiger partial charge in [0.15, 0.2) is 0 Å². The van der Waals surface area contributed by atoms with Gasteiger partial charge in [-0.25, -0.2) is 4.98 Å². The summed E-state index contributed by atoms with van der Waals surface area (Å²) >= 11 is 1.26. The third-order valence-corrected chi connectivity index (χ3v) is 6.67. The predicted molar refractivity (Wildman–Crippen MR) is 142 cm³/mol. The van der Waals surface area contributed by atoms with E-state index in [0.29, 0.717) is 10.6 Å². The van der Waals surface area contributed by atoms with Crippen molar-refractivity contribution in [2.75, 3.05) is 18.2 Å². The second-order valence-corrected chi connectivity index (χ2v) is 9.04. The molecule has 3 aromatic carbocycles. The molecule has 0 unspecified atom stereocenters. The average molecular weight is 480 g/mol. The number of aryl methyl sites for hydroxylation is 2. The van der Waals surface area contributed by atoms with Gasteiger partial charge in [0.05, 0.1) is 24.1 Å². The lowest BCUT2D eigenvalue weighted by molar-refractivity contribution is -0.113. The van der Waals surface area contributed by atoms with Crippen molar-refractivity contribution in [2.45, 2.75) is 18.9 Å². The van der Waals surface area contributed by atoms with E-state index in [1.165, 1.54) is 17.3 Å². The monoisotopic (exact) mass is 479 g/mol. The number of hydrogen-bond donors (Lipinski definition) is 1. The van der Waals surface area contributed by atoms with Crippen molar-refractivity contribution in [2.24, 2.45) is 0 Å². The lowest BCUT2D eigenvalue weighted by Gasteiger charge is -2.13. The zero-order valence-electron chi connectivity index (χ0n) is 19.8. The number of thioether (sulfide) groups is 1. The van der Waals surface area contributed by atoms with Crippen LogP contribution in [0, 0.1) is 25.2 Å². The fourth-order valence-electron chi connectivity index (χ4n) is 3.64. The van der Waals surface area contributed by atoms with Crippen LogP contribution in [0.3, 0.4) is 0 Å². The Labute approximate surface area is 209 Å². The molecule has 174 valence electrons. The molecule has 35 heavy (non-hydrogen) atoms. The van der Waals surface area contributed by atoms with Crippen molar-refractivity contribution >= 4 is 23.4 Å². The van der Waals surface area contributed by atoms with E-state index < -0.39 is 0 Å². The molecule has 0 spiro atoms. The second-order valence-electron chi connectivity index (χ2n) is 8.08. The van der Waals surface area contributed by atoms with Crippen LogP contribution in [0.5, 0.6) is 5.75 Å². The number of anilines is 1. The molecule has 0 saturated carbocycles.